The summed E-state index contributed by atoms with van der Waals surface area (Å²) in [7, 11) is 0. The largest absolute Gasteiger partial charge is 0.338 e. The summed E-state index contributed by atoms with van der Waals surface area (Å²) in [5, 5.41) is 0.589. The van der Waals surface area contributed by atoms with Crippen molar-refractivity contribution in [1.29, 1.82) is 0 Å². The molecule has 2 aromatic rings. The van der Waals surface area contributed by atoms with Gasteiger partial charge in [-0.05, 0) is 49.2 Å². The summed E-state index contributed by atoms with van der Waals surface area (Å²) in [6.07, 6.45) is 1.18. The predicted molar refractivity (Wildman–Crippen MR) is 97.3 cm³/mol. The summed E-state index contributed by atoms with van der Waals surface area (Å²) < 4.78 is 0. The number of hydrogen-bond acceptors (Lipinski definition) is 3. The summed E-state index contributed by atoms with van der Waals surface area (Å²) in [5.41, 5.74) is 1.53. The predicted octanol–water partition coefficient (Wildman–Crippen LogP) is 3.24. The van der Waals surface area contributed by atoms with E-state index in [0.717, 1.165) is 0 Å². The summed E-state index contributed by atoms with van der Waals surface area (Å²) in [6, 6.07) is 13.5. The molecule has 6 heteroatoms. The number of imide groups is 1. The number of benzene rings is 2. The van der Waals surface area contributed by atoms with Crippen LogP contribution in [-0.2, 0) is 0 Å². The maximum absolute atomic E-state index is 12.6. The van der Waals surface area contributed by atoms with Crippen molar-refractivity contribution in [2.24, 2.45) is 0 Å². The van der Waals surface area contributed by atoms with Gasteiger partial charge in [-0.3, -0.25) is 19.3 Å². The number of rotatable bonds is 2. The summed E-state index contributed by atoms with van der Waals surface area (Å²) in [5.74, 6) is -0.511. The minimum Gasteiger partial charge on any atom is -0.338 e. The fraction of sp³-hybridized carbons (Fsp3) is 0.250. The van der Waals surface area contributed by atoms with E-state index in [9.17, 15) is 14.4 Å². The third kappa shape index (κ3) is 2.78. The molecule has 0 saturated carbocycles. The molecule has 0 radical (unpaired) electrons. The number of nitrogens with zero attached hydrogens (tertiary/aromatic N) is 2. The van der Waals surface area contributed by atoms with Crippen LogP contribution in [0.25, 0.3) is 0 Å². The van der Waals surface area contributed by atoms with Gasteiger partial charge in [0.15, 0.2) is 0 Å². The van der Waals surface area contributed by atoms with Gasteiger partial charge in [0.25, 0.3) is 17.7 Å². The molecule has 0 unspecified atom stereocenters. The lowest BCUT2D eigenvalue weighted by molar-refractivity contribution is 0.0479. The second kappa shape index (κ2) is 6.57. The van der Waals surface area contributed by atoms with Gasteiger partial charge in [-0.2, -0.15) is 0 Å². The van der Waals surface area contributed by atoms with Crippen molar-refractivity contribution in [1.82, 2.24) is 9.80 Å². The van der Waals surface area contributed by atoms with Gasteiger partial charge < -0.3 is 4.90 Å². The Morgan fingerprint density at radius 1 is 0.885 bits per heavy atom. The maximum atomic E-state index is 12.6. The molecule has 5 nitrogen and oxygen atoms in total. The normalized spacial score (nSPS) is 17.6. The number of fused-ring (bicyclic) bond motifs is 1. The quantitative estimate of drug-likeness (QED) is 0.764. The fourth-order valence-electron chi connectivity index (χ4n) is 3.64. The van der Waals surface area contributed by atoms with Crippen molar-refractivity contribution >= 4 is 29.3 Å². The molecule has 132 valence electrons. The monoisotopic (exact) mass is 368 g/mol. The van der Waals surface area contributed by atoms with Crippen molar-refractivity contribution < 1.29 is 14.4 Å². The molecule has 2 aliphatic heterocycles. The summed E-state index contributed by atoms with van der Waals surface area (Å²) in [4.78, 5) is 40.9. The average molecular weight is 369 g/mol. The number of carbonyl (C=O) groups excluding carboxylic acids is 3. The van der Waals surface area contributed by atoms with Crippen LogP contribution in [0.15, 0.2) is 48.5 Å². The Morgan fingerprint density at radius 2 is 1.42 bits per heavy atom. The summed E-state index contributed by atoms with van der Waals surface area (Å²) >= 11 is 5.87. The van der Waals surface area contributed by atoms with E-state index in [2.05, 4.69) is 0 Å². The maximum Gasteiger partial charge on any atom is 0.261 e. The van der Waals surface area contributed by atoms with Gasteiger partial charge in [-0.1, -0.05) is 23.7 Å². The number of hydrogen-bond donors (Lipinski definition) is 0. The molecule has 1 saturated heterocycles. The third-order valence-corrected chi connectivity index (χ3v) is 5.29. The standard InChI is InChI=1S/C20H17ClN2O3/c21-14-7-5-13(6-8-14)18(24)22-11-9-15(10-12-22)23-19(25)16-3-1-2-4-17(16)20(23)26/h1-8,15H,9-12H2. The van der Waals surface area contributed by atoms with Gasteiger partial charge in [-0.15, -0.1) is 0 Å². The molecule has 1 fully saturated rings. The lowest BCUT2D eigenvalue weighted by Gasteiger charge is -2.35. The summed E-state index contributed by atoms with van der Waals surface area (Å²) in [6.45, 7) is 1.03. The lowest BCUT2D eigenvalue weighted by Crippen LogP contribution is -2.48. The van der Waals surface area contributed by atoms with Gasteiger partial charge in [0.1, 0.15) is 0 Å². The molecule has 3 amide bonds. The average Bonchev–Trinajstić information content (AvgIpc) is 2.93. The van der Waals surface area contributed by atoms with E-state index in [-0.39, 0.29) is 23.8 Å². The number of piperidine rings is 1. The van der Waals surface area contributed by atoms with Crippen LogP contribution < -0.4 is 0 Å². The molecule has 4 rings (SSSR count). The topological polar surface area (TPSA) is 57.7 Å². The molecule has 2 aromatic carbocycles. The van der Waals surface area contributed by atoms with Gasteiger partial charge in [0.05, 0.1) is 11.1 Å². The highest BCUT2D eigenvalue weighted by molar-refractivity contribution is 6.30. The molecule has 0 aliphatic carbocycles. The number of amides is 3. The van der Waals surface area contributed by atoms with E-state index in [0.29, 0.717) is 47.6 Å². The molecule has 0 spiro atoms. The van der Waals surface area contributed by atoms with Crippen LogP contribution in [0.2, 0.25) is 5.02 Å². The Labute approximate surface area is 156 Å². The highest BCUT2D eigenvalue weighted by Crippen LogP contribution is 2.28. The molecule has 2 aliphatic rings. The first-order valence-electron chi connectivity index (χ1n) is 8.58. The van der Waals surface area contributed by atoms with Crippen LogP contribution >= 0.6 is 11.6 Å². The van der Waals surface area contributed by atoms with Gasteiger partial charge in [-0.25, -0.2) is 0 Å². The molecule has 26 heavy (non-hydrogen) atoms. The van der Waals surface area contributed by atoms with Crippen molar-refractivity contribution in [2.75, 3.05) is 13.1 Å². The van der Waals surface area contributed by atoms with Crippen LogP contribution in [0.4, 0.5) is 0 Å². The zero-order valence-electron chi connectivity index (χ0n) is 14.0. The zero-order valence-corrected chi connectivity index (χ0v) is 14.8. The van der Waals surface area contributed by atoms with Gasteiger partial charge >= 0.3 is 0 Å². The van der Waals surface area contributed by atoms with E-state index >= 15 is 0 Å². The third-order valence-electron chi connectivity index (χ3n) is 5.03. The van der Waals surface area contributed by atoms with E-state index in [4.69, 9.17) is 11.6 Å². The molecule has 0 N–H and O–H groups in total. The van der Waals surface area contributed by atoms with Crippen molar-refractivity contribution in [3.05, 3.63) is 70.2 Å². The Balaban J connectivity index is 1.44. The van der Waals surface area contributed by atoms with Crippen molar-refractivity contribution in [2.45, 2.75) is 18.9 Å². The zero-order chi connectivity index (χ0) is 18.3. The molecular weight excluding hydrogens is 352 g/mol. The fourth-order valence-corrected chi connectivity index (χ4v) is 3.77. The van der Waals surface area contributed by atoms with Crippen molar-refractivity contribution in [3.8, 4) is 0 Å². The van der Waals surface area contributed by atoms with E-state index in [1.165, 1.54) is 4.90 Å². The van der Waals surface area contributed by atoms with Crippen LogP contribution in [-0.4, -0.2) is 46.7 Å². The number of halogens is 1. The smallest absolute Gasteiger partial charge is 0.261 e. The SMILES string of the molecule is O=C(c1ccc(Cl)cc1)N1CCC(N2C(=O)c3ccccc3C2=O)CC1. The second-order valence-corrected chi connectivity index (χ2v) is 6.99. The first-order chi connectivity index (χ1) is 12.6. The van der Waals surface area contributed by atoms with Crippen LogP contribution in [0.3, 0.4) is 0 Å². The Kier molecular flexibility index (Phi) is 4.24. The minimum absolute atomic E-state index is 0.0533. The van der Waals surface area contributed by atoms with Crippen LogP contribution in [0.5, 0.6) is 0 Å². The van der Waals surface area contributed by atoms with E-state index < -0.39 is 0 Å². The molecule has 0 atom stereocenters. The van der Waals surface area contributed by atoms with Crippen LogP contribution in [0, 0.1) is 0 Å². The molecule has 2 heterocycles. The Hall–Kier alpha value is -2.66. The first kappa shape index (κ1) is 16.8. The highest BCUT2D eigenvalue weighted by Gasteiger charge is 2.41. The lowest BCUT2D eigenvalue weighted by atomic mass is 10.0. The number of likely N-dealkylation sites (tertiary alicyclic amines) is 1. The molecule has 0 aromatic heterocycles. The Morgan fingerprint density at radius 3 is 1.96 bits per heavy atom. The first-order valence-corrected chi connectivity index (χ1v) is 8.96. The Bertz CT molecular complexity index is 851. The van der Waals surface area contributed by atoms with Crippen molar-refractivity contribution in [3.63, 3.8) is 0 Å². The molecule has 0 bridgehead atoms. The van der Waals surface area contributed by atoms with E-state index in [1.807, 2.05) is 0 Å². The van der Waals surface area contributed by atoms with Gasteiger partial charge in [0.2, 0.25) is 0 Å². The number of carbonyl (C=O) groups is 3. The molecular formula is C20H17ClN2O3. The van der Waals surface area contributed by atoms with Gasteiger partial charge in [0, 0.05) is 29.7 Å². The van der Waals surface area contributed by atoms with Crippen LogP contribution in [0.1, 0.15) is 43.9 Å². The second-order valence-electron chi connectivity index (χ2n) is 6.56. The highest BCUT2D eigenvalue weighted by atomic mass is 35.5. The van der Waals surface area contributed by atoms with E-state index in [1.54, 1.807) is 53.4 Å². The minimum atomic E-state index is -0.229.